The van der Waals surface area contributed by atoms with E-state index in [-0.39, 0.29) is 0 Å². The van der Waals surface area contributed by atoms with Crippen molar-refractivity contribution in [2.45, 2.75) is 39.3 Å². The van der Waals surface area contributed by atoms with Gasteiger partial charge in [0.2, 0.25) is 5.60 Å². The topological polar surface area (TPSA) is 64.4 Å². The van der Waals surface area contributed by atoms with E-state index in [1.54, 1.807) is 6.20 Å². The molecule has 1 heterocycles. The van der Waals surface area contributed by atoms with Crippen molar-refractivity contribution in [3.8, 4) is 0 Å². The van der Waals surface area contributed by atoms with Gasteiger partial charge in [-0.05, 0) is 38.3 Å². The van der Waals surface area contributed by atoms with Crippen molar-refractivity contribution in [1.82, 2.24) is 9.55 Å². The lowest BCUT2D eigenvalue weighted by molar-refractivity contribution is -0.162. The first-order valence-electron chi connectivity index (χ1n) is 9.43. The summed E-state index contributed by atoms with van der Waals surface area (Å²) in [6.07, 6.45) is 4.36. The van der Waals surface area contributed by atoms with E-state index in [9.17, 15) is 9.90 Å². The third kappa shape index (κ3) is 3.99. The highest BCUT2D eigenvalue weighted by atomic mass is 16.5. The van der Waals surface area contributed by atoms with Crippen LogP contribution in [-0.4, -0.2) is 27.2 Å². The van der Waals surface area contributed by atoms with Gasteiger partial charge < -0.3 is 14.4 Å². The van der Waals surface area contributed by atoms with Crippen LogP contribution in [0.25, 0.3) is 0 Å². The summed E-state index contributed by atoms with van der Waals surface area (Å²) in [5, 5.41) is 10.3. The predicted molar refractivity (Wildman–Crippen MR) is 108 cm³/mol. The van der Waals surface area contributed by atoms with Crippen molar-refractivity contribution in [2.75, 3.05) is 6.61 Å². The van der Waals surface area contributed by atoms with Crippen LogP contribution in [0.3, 0.4) is 0 Å². The van der Waals surface area contributed by atoms with Crippen molar-refractivity contribution in [3.05, 3.63) is 89.0 Å². The van der Waals surface area contributed by atoms with E-state index in [1.807, 2.05) is 80.1 Å². The number of carbonyl (C=O) groups is 1. The summed E-state index contributed by atoms with van der Waals surface area (Å²) in [4.78, 5) is 16.8. The van der Waals surface area contributed by atoms with Gasteiger partial charge in [-0.25, -0.2) is 9.78 Å². The quantitative estimate of drug-likeness (QED) is 0.596. The average Bonchev–Trinajstić information content (AvgIpc) is 3.06. The molecule has 2 aromatic carbocycles. The molecule has 0 bridgehead atoms. The van der Waals surface area contributed by atoms with E-state index < -0.39 is 11.6 Å². The Bertz CT molecular complexity index is 916. The van der Waals surface area contributed by atoms with E-state index in [4.69, 9.17) is 4.74 Å². The van der Waals surface area contributed by atoms with E-state index in [2.05, 4.69) is 4.98 Å². The number of carboxylic acid groups (broad SMARTS) is 1. The van der Waals surface area contributed by atoms with E-state index in [0.29, 0.717) is 24.2 Å². The van der Waals surface area contributed by atoms with Crippen LogP contribution >= 0.6 is 0 Å². The highest BCUT2D eigenvalue weighted by molar-refractivity contribution is 5.84. The summed E-state index contributed by atoms with van der Waals surface area (Å²) in [6.45, 7) is 6.89. The zero-order chi connectivity index (χ0) is 20.1. The minimum Gasteiger partial charge on any atom is -0.479 e. The molecule has 1 aromatic heterocycles. The zero-order valence-electron chi connectivity index (χ0n) is 16.6. The lowest BCUT2D eigenvalue weighted by atomic mass is 9.84. The molecule has 1 N–H and O–H groups in total. The average molecular weight is 378 g/mol. The number of aromatic nitrogens is 2. The molecule has 0 amide bonds. The Morgan fingerprint density at radius 3 is 2.14 bits per heavy atom. The normalized spacial score (nSPS) is 11.5. The third-order valence-corrected chi connectivity index (χ3v) is 4.94. The number of aryl methyl sites for hydroxylation is 4. The second kappa shape index (κ2) is 8.40. The molecule has 0 saturated carbocycles. The second-order valence-electron chi connectivity index (χ2n) is 7.10. The van der Waals surface area contributed by atoms with E-state index in [0.717, 1.165) is 23.5 Å². The van der Waals surface area contributed by atoms with Gasteiger partial charge in [-0.2, -0.15) is 0 Å². The van der Waals surface area contributed by atoms with Crippen LogP contribution in [0, 0.1) is 20.8 Å². The standard InChI is InChI=1S/C23H26N2O3/c1-17-7-4-9-20(15-17)23(22(26)27,21-10-5-8-18(2)16-21)28-14-6-12-25-13-11-24-19(25)3/h4-5,7-11,13,15-16H,6,12,14H2,1-3H3,(H,26,27). The Morgan fingerprint density at radius 2 is 1.68 bits per heavy atom. The molecular weight excluding hydrogens is 352 g/mol. The molecule has 0 fully saturated rings. The molecule has 0 aliphatic rings. The van der Waals surface area contributed by atoms with Crippen molar-refractivity contribution in [2.24, 2.45) is 0 Å². The van der Waals surface area contributed by atoms with Crippen LogP contribution in [0.5, 0.6) is 0 Å². The fraction of sp³-hybridized carbons (Fsp3) is 0.304. The molecule has 5 nitrogen and oxygen atoms in total. The number of rotatable bonds is 8. The van der Waals surface area contributed by atoms with Crippen LogP contribution in [0.15, 0.2) is 60.9 Å². The van der Waals surface area contributed by atoms with Crippen molar-refractivity contribution in [1.29, 1.82) is 0 Å². The Balaban J connectivity index is 1.93. The van der Waals surface area contributed by atoms with Crippen LogP contribution in [0.1, 0.15) is 34.5 Å². The molecule has 28 heavy (non-hydrogen) atoms. The summed E-state index contributed by atoms with van der Waals surface area (Å²) in [5.41, 5.74) is 1.71. The number of aliphatic carboxylic acids is 1. The molecule has 0 aliphatic heterocycles. The molecule has 3 rings (SSSR count). The highest BCUT2D eigenvalue weighted by Gasteiger charge is 2.43. The lowest BCUT2D eigenvalue weighted by Gasteiger charge is -2.31. The molecule has 0 atom stereocenters. The Morgan fingerprint density at radius 1 is 1.07 bits per heavy atom. The highest BCUT2D eigenvalue weighted by Crippen LogP contribution is 2.35. The SMILES string of the molecule is Cc1cccc(C(OCCCn2ccnc2C)(C(=O)O)c2cccc(C)c2)c1. The smallest absolute Gasteiger partial charge is 0.345 e. The molecule has 0 unspecified atom stereocenters. The fourth-order valence-corrected chi connectivity index (χ4v) is 3.47. The van der Waals surface area contributed by atoms with E-state index in [1.165, 1.54) is 0 Å². The molecule has 5 heteroatoms. The second-order valence-corrected chi connectivity index (χ2v) is 7.10. The summed E-state index contributed by atoms with van der Waals surface area (Å²) in [7, 11) is 0. The van der Waals surface area contributed by atoms with Gasteiger partial charge in [0.25, 0.3) is 0 Å². The van der Waals surface area contributed by atoms with Crippen LogP contribution in [0.4, 0.5) is 0 Å². The molecule has 3 aromatic rings. The summed E-state index contributed by atoms with van der Waals surface area (Å²) in [5.74, 6) is -0.0793. The Kier molecular flexibility index (Phi) is 5.95. The number of benzene rings is 2. The minimum atomic E-state index is -1.54. The number of carboxylic acids is 1. The molecule has 146 valence electrons. The van der Waals surface area contributed by atoms with Gasteiger partial charge in [-0.1, -0.05) is 59.7 Å². The maximum atomic E-state index is 12.6. The zero-order valence-corrected chi connectivity index (χ0v) is 16.6. The number of imidazole rings is 1. The fourth-order valence-electron chi connectivity index (χ4n) is 3.47. The van der Waals surface area contributed by atoms with Gasteiger partial charge in [0, 0.05) is 18.9 Å². The third-order valence-electron chi connectivity index (χ3n) is 4.94. The maximum absolute atomic E-state index is 12.6. The summed E-state index contributed by atoms with van der Waals surface area (Å²) >= 11 is 0. The van der Waals surface area contributed by atoms with Gasteiger partial charge >= 0.3 is 5.97 Å². The Labute approximate surface area is 165 Å². The van der Waals surface area contributed by atoms with Gasteiger partial charge in [-0.3, -0.25) is 0 Å². The number of nitrogens with zero attached hydrogens (tertiary/aromatic N) is 2. The van der Waals surface area contributed by atoms with Crippen molar-refractivity contribution in [3.63, 3.8) is 0 Å². The van der Waals surface area contributed by atoms with Gasteiger partial charge in [0.1, 0.15) is 5.82 Å². The predicted octanol–water partition coefficient (Wildman–Crippen LogP) is 4.24. The summed E-state index contributed by atoms with van der Waals surface area (Å²) in [6, 6.07) is 15.1. The van der Waals surface area contributed by atoms with E-state index >= 15 is 0 Å². The van der Waals surface area contributed by atoms with Crippen LogP contribution in [-0.2, 0) is 21.7 Å². The maximum Gasteiger partial charge on any atom is 0.345 e. The van der Waals surface area contributed by atoms with Crippen LogP contribution < -0.4 is 0 Å². The van der Waals surface area contributed by atoms with Crippen LogP contribution in [0.2, 0.25) is 0 Å². The molecule has 0 saturated heterocycles. The monoisotopic (exact) mass is 378 g/mol. The summed E-state index contributed by atoms with van der Waals surface area (Å²) < 4.78 is 8.21. The molecular formula is C23H26N2O3. The molecule has 0 aliphatic carbocycles. The largest absolute Gasteiger partial charge is 0.479 e. The first-order chi connectivity index (χ1) is 13.4. The molecule has 0 radical (unpaired) electrons. The molecule has 0 spiro atoms. The van der Waals surface area contributed by atoms with Crippen molar-refractivity contribution >= 4 is 5.97 Å². The van der Waals surface area contributed by atoms with Crippen molar-refractivity contribution < 1.29 is 14.6 Å². The van der Waals surface area contributed by atoms with Gasteiger partial charge in [0.05, 0.1) is 6.61 Å². The first-order valence-corrected chi connectivity index (χ1v) is 9.43. The van der Waals surface area contributed by atoms with Gasteiger partial charge in [0.15, 0.2) is 0 Å². The number of hydrogen-bond acceptors (Lipinski definition) is 3. The minimum absolute atomic E-state index is 0.311. The lowest BCUT2D eigenvalue weighted by Crippen LogP contribution is -2.40. The van der Waals surface area contributed by atoms with Gasteiger partial charge in [-0.15, -0.1) is 0 Å². The number of hydrogen-bond donors (Lipinski definition) is 1. The number of ether oxygens (including phenoxy) is 1. The Hall–Kier alpha value is -2.92. The first kappa shape index (κ1) is 19.8.